The molecule has 4 heterocycles. The lowest BCUT2D eigenvalue weighted by Gasteiger charge is -2.33. The van der Waals surface area contributed by atoms with E-state index < -0.39 is 0 Å². The van der Waals surface area contributed by atoms with Crippen LogP contribution < -0.4 is 10.2 Å². The summed E-state index contributed by atoms with van der Waals surface area (Å²) in [6.07, 6.45) is 5.49. The van der Waals surface area contributed by atoms with Crippen molar-refractivity contribution in [2.75, 3.05) is 24.6 Å². The molecule has 4 rings (SSSR count). The zero-order valence-corrected chi connectivity index (χ0v) is 16.9. The highest BCUT2D eigenvalue weighted by molar-refractivity contribution is 5.94. The van der Waals surface area contributed by atoms with Crippen LogP contribution in [-0.4, -0.2) is 51.4 Å². The minimum absolute atomic E-state index is 0.0532. The number of piperidine rings is 1. The molecule has 28 heavy (non-hydrogen) atoms. The summed E-state index contributed by atoms with van der Waals surface area (Å²) < 4.78 is 7.16. The second-order valence-electron chi connectivity index (χ2n) is 7.60. The van der Waals surface area contributed by atoms with Crippen LogP contribution in [0.2, 0.25) is 0 Å². The van der Waals surface area contributed by atoms with E-state index in [-0.39, 0.29) is 11.9 Å². The van der Waals surface area contributed by atoms with Crippen LogP contribution in [-0.2, 0) is 31.2 Å². The van der Waals surface area contributed by atoms with Crippen LogP contribution in [0.1, 0.15) is 52.8 Å². The number of amides is 1. The Labute approximate surface area is 165 Å². The molecule has 0 aromatic carbocycles. The van der Waals surface area contributed by atoms with E-state index in [1.165, 1.54) is 0 Å². The Morgan fingerprint density at radius 1 is 1.43 bits per heavy atom. The summed E-state index contributed by atoms with van der Waals surface area (Å²) in [5, 5.41) is 7.66. The van der Waals surface area contributed by atoms with Gasteiger partial charge in [-0.3, -0.25) is 9.48 Å². The first-order chi connectivity index (χ1) is 13.6. The molecule has 0 radical (unpaired) electrons. The largest absolute Gasteiger partial charge is 0.376 e. The van der Waals surface area contributed by atoms with Crippen molar-refractivity contribution >= 4 is 11.9 Å². The molecule has 2 aromatic heterocycles. The lowest BCUT2D eigenvalue weighted by molar-refractivity contribution is 0.0922. The zero-order valence-electron chi connectivity index (χ0n) is 16.9. The van der Waals surface area contributed by atoms with Gasteiger partial charge in [0.15, 0.2) is 0 Å². The fourth-order valence-electron chi connectivity index (χ4n) is 4.14. The molecule has 0 bridgehead atoms. The van der Waals surface area contributed by atoms with Crippen LogP contribution in [0.15, 0.2) is 6.20 Å². The van der Waals surface area contributed by atoms with Crippen LogP contribution in [0, 0.1) is 6.92 Å². The summed E-state index contributed by atoms with van der Waals surface area (Å²) in [5.41, 5.74) is 4.76. The van der Waals surface area contributed by atoms with Gasteiger partial charge in [-0.2, -0.15) is 5.10 Å². The average Bonchev–Trinajstić information content (AvgIpc) is 3.01. The Kier molecular flexibility index (Phi) is 5.30. The molecule has 1 amide bonds. The van der Waals surface area contributed by atoms with Crippen LogP contribution in [0.5, 0.6) is 0 Å². The molecule has 0 unspecified atom stereocenters. The first-order valence-corrected chi connectivity index (χ1v) is 10.1. The minimum Gasteiger partial charge on any atom is -0.376 e. The Bertz CT molecular complexity index is 878. The third-order valence-electron chi connectivity index (χ3n) is 5.65. The fraction of sp³-hybridized carbons (Fsp3) is 0.600. The van der Waals surface area contributed by atoms with Crippen molar-refractivity contribution in [2.45, 2.75) is 52.2 Å². The Morgan fingerprint density at radius 2 is 2.29 bits per heavy atom. The van der Waals surface area contributed by atoms with Crippen molar-refractivity contribution in [3.05, 3.63) is 34.4 Å². The first-order valence-electron chi connectivity index (χ1n) is 10.1. The molecule has 0 saturated carbocycles. The molecule has 0 aliphatic carbocycles. The Balaban J connectivity index is 1.46. The van der Waals surface area contributed by atoms with Crippen LogP contribution >= 0.6 is 0 Å². The molecule has 1 fully saturated rings. The fourth-order valence-corrected chi connectivity index (χ4v) is 4.14. The number of hydrogen-bond donors (Lipinski definition) is 1. The van der Waals surface area contributed by atoms with Gasteiger partial charge in [0, 0.05) is 49.9 Å². The molecule has 8 heteroatoms. The molecular formula is C20H28N6O2. The number of fused-ring (bicyclic) bond motifs is 1. The standard InChI is InChI=1S/C20H28N6O2/c1-4-16-13(2)18(25(3)24-16)19(27)22-15-6-5-8-26(11-15)20-21-10-14-12-28-9-7-17(14)23-20/h10,15H,4-9,11-12H2,1-3H3,(H,22,27)/t15-/m0/s1. The van der Waals surface area contributed by atoms with Gasteiger partial charge in [0.2, 0.25) is 5.95 Å². The van der Waals surface area contributed by atoms with Crippen molar-refractivity contribution < 1.29 is 9.53 Å². The molecule has 1 saturated heterocycles. The van der Waals surface area contributed by atoms with E-state index in [4.69, 9.17) is 9.72 Å². The van der Waals surface area contributed by atoms with Gasteiger partial charge in [-0.15, -0.1) is 0 Å². The summed E-state index contributed by atoms with van der Waals surface area (Å²) in [4.78, 5) is 24.4. The Morgan fingerprint density at radius 3 is 3.07 bits per heavy atom. The van der Waals surface area contributed by atoms with Gasteiger partial charge in [-0.05, 0) is 26.2 Å². The molecular weight excluding hydrogens is 356 g/mol. The summed E-state index contributed by atoms with van der Waals surface area (Å²) >= 11 is 0. The number of carbonyl (C=O) groups excluding carboxylic acids is 1. The molecule has 150 valence electrons. The second-order valence-corrected chi connectivity index (χ2v) is 7.60. The molecule has 8 nitrogen and oxygen atoms in total. The number of ether oxygens (including phenoxy) is 1. The molecule has 1 N–H and O–H groups in total. The van der Waals surface area contributed by atoms with E-state index in [2.05, 4.69) is 27.2 Å². The lowest BCUT2D eigenvalue weighted by Crippen LogP contribution is -2.48. The number of aromatic nitrogens is 4. The van der Waals surface area contributed by atoms with Gasteiger partial charge in [0.05, 0.1) is 24.6 Å². The van der Waals surface area contributed by atoms with Crippen molar-refractivity contribution in [3.63, 3.8) is 0 Å². The van der Waals surface area contributed by atoms with Gasteiger partial charge in [0.1, 0.15) is 5.69 Å². The van der Waals surface area contributed by atoms with E-state index in [1.807, 2.05) is 20.2 Å². The number of aryl methyl sites for hydroxylation is 2. The minimum atomic E-state index is -0.0532. The predicted octanol–water partition coefficient (Wildman–Crippen LogP) is 1.55. The number of rotatable bonds is 4. The molecule has 0 spiro atoms. The maximum atomic E-state index is 12.9. The van der Waals surface area contributed by atoms with Gasteiger partial charge < -0.3 is 15.0 Å². The number of anilines is 1. The highest BCUT2D eigenvalue weighted by Crippen LogP contribution is 2.21. The van der Waals surface area contributed by atoms with Gasteiger partial charge in [-0.1, -0.05) is 6.92 Å². The monoisotopic (exact) mass is 384 g/mol. The summed E-state index contributed by atoms with van der Waals surface area (Å²) in [7, 11) is 1.83. The van der Waals surface area contributed by atoms with Gasteiger partial charge in [0.25, 0.3) is 5.91 Å². The number of nitrogens with one attached hydrogen (secondary N) is 1. The van der Waals surface area contributed by atoms with E-state index in [0.717, 1.165) is 67.2 Å². The van der Waals surface area contributed by atoms with Crippen molar-refractivity contribution in [2.24, 2.45) is 7.05 Å². The number of carbonyl (C=O) groups is 1. The van der Waals surface area contributed by atoms with E-state index in [9.17, 15) is 4.79 Å². The normalized spacial score (nSPS) is 19.4. The quantitative estimate of drug-likeness (QED) is 0.861. The van der Waals surface area contributed by atoms with E-state index >= 15 is 0 Å². The van der Waals surface area contributed by atoms with E-state index in [0.29, 0.717) is 18.9 Å². The zero-order chi connectivity index (χ0) is 19.7. The average molecular weight is 384 g/mol. The molecule has 2 aliphatic heterocycles. The maximum Gasteiger partial charge on any atom is 0.270 e. The number of nitrogens with zero attached hydrogens (tertiary/aromatic N) is 5. The third-order valence-corrected chi connectivity index (χ3v) is 5.65. The van der Waals surface area contributed by atoms with Crippen molar-refractivity contribution in [1.82, 2.24) is 25.1 Å². The van der Waals surface area contributed by atoms with Crippen LogP contribution in [0.4, 0.5) is 5.95 Å². The summed E-state index contributed by atoms with van der Waals surface area (Å²) in [5.74, 6) is 0.701. The highest BCUT2D eigenvalue weighted by Gasteiger charge is 2.26. The lowest BCUT2D eigenvalue weighted by atomic mass is 10.1. The molecule has 1 atom stereocenters. The van der Waals surface area contributed by atoms with Gasteiger partial charge in [-0.25, -0.2) is 9.97 Å². The maximum absolute atomic E-state index is 12.9. The molecule has 2 aliphatic rings. The van der Waals surface area contributed by atoms with Crippen LogP contribution in [0.3, 0.4) is 0 Å². The van der Waals surface area contributed by atoms with Crippen molar-refractivity contribution in [3.8, 4) is 0 Å². The third kappa shape index (κ3) is 3.61. The smallest absolute Gasteiger partial charge is 0.270 e. The topological polar surface area (TPSA) is 85.2 Å². The summed E-state index contributed by atoms with van der Waals surface area (Å²) in [6, 6.07) is 0.0728. The van der Waals surface area contributed by atoms with Crippen molar-refractivity contribution in [1.29, 1.82) is 0 Å². The SMILES string of the molecule is CCc1nn(C)c(C(=O)N[C@H]2CCCN(c3ncc4c(n3)CCOC4)C2)c1C. The first kappa shape index (κ1) is 18.9. The Hall–Kier alpha value is -2.48. The van der Waals surface area contributed by atoms with Crippen LogP contribution in [0.25, 0.3) is 0 Å². The van der Waals surface area contributed by atoms with Gasteiger partial charge >= 0.3 is 0 Å². The van der Waals surface area contributed by atoms with E-state index in [1.54, 1.807) is 4.68 Å². The summed E-state index contributed by atoms with van der Waals surface area (Å²) in [6.45, 7) is 6.97. The second kappa shape index (κ2) is 7.87. The number of hydrogen-bond acceptors (Lipinski definition) is 6. The highest BCUT2D eigenvalue weighted by atomic mass is 16.5. The predicted molar refractivity (Wildman–Crippen MR) is 105 cm³/mol. The molecule has 2 aromatic rings.